The molecule has 0 bridgehead atoms. The van der Waals surface area contributed by atoms with Gasteiger partial charge in [-0.2, -0.15) is 0 Å². The molecule has 0 saturated carbocycles. The lowest BCUT2D eigenvalue weighted by Crippen LogP contribution is -2.02. The second-order valence-electron chi connectivity index (χ2n) is 10.9. The van der Waals surface area contributed by atoms with Gasteiger partial charge in [0.25, 0.3) is 0 Å². The Bertz CT molecular complexity index is 2450. The smallest absolute Gasteiger partial charge is 0.165 e. The van der Waals surface area contributed by atoms with E-state index in [0.29, 0.717) is 17.5 Å². The number of hydrogen-bond acceptors (Lipinski definition) is 5. The molecule has 1 aliphatic carbocycles. The van der Waals surface area contributed by atoms with Gasteiger partial charge in [0.05, 0.1) is 5.39 Å². The third-order valence-electron chi connectivity index (χ3n) is 8.23. The first kappa shape index (κ1) is 24.6. The first-order valence-corrected chi connectivity index (χ1v) is 14.7. The minimum absolute atomic E-state index is 0.565. The summed E-state index contributed by atoms with van der Waals surface area (Å²) >= 11 is 0. The van der Waals surface area contributed by atoms with Crippen LogP contribution in [0.1, 0.15) is 18.4 Å². The number of nitrogens with zero attached hydrogens (tertiary/aromatic N) is 3. The van der Waals surface area contributed by atoms with Gasteiger partial charge in [-0.1, -0.05) is 85.0 Å². The molecular formula is C39H23N3O2. The molecule has 0 atom stereocenters. The van der Waals surface area contributed by atoms with Crippen LogP contribution in [0, 0.1) is 12.1 Å². The number of para-hydroxylation sites is 1. The van der Waals surface area contributed by atoms with Crippen LogP contribution in [0.25, 0.3) is 83.6 Å². The first-order valence-electron chi connectivity index (χ1n) is 14.7. The molecule has 206 valence electrons. The van der Waals surface area contributed by atoms with E-state index in [0.717, 1.165) is 84.5 Å². The van der Waals surface area contributed by atoms with Crippen molar-refractivity contribution >= 4 is 49.5 Å². The fourth-order valence-electron chi connectivity index (χ4n) is 6.17. The number of furan rings is 2. The molecule has 9 rings (SSSR count). The second-order valence-corrected chi connectivity index (χ2v) is 10.9. The summed E-state index contributed by atoms with van der Waals surface area (Å²) in [4.78, 5) is 15.3. The van der Waals surface area contributed by atoms with Crippen LogP contribution < -0.4 is 0 Å². The maximum atomic E-state index is 6.34. The predicted molar refractivity (Wildman–Crippen MR) is 175 cm³/mol. The molecule has 0 N–H and O–H groups in total. The second kappa shape index (κ2) is 9.79. The van der Waals surface area contributed by atoms with Gasteiger partial charge in [0.1, 0.15) is 22.3 Å². The zero-order chi connectivity index (χ0) is 29.0. The molecule has 0 aliphatic heterocycles. The van der Waals surface area contributed by atoms with Crippen molar-refractivity contribution in [2.45, 2.75) is 12.8 Å². The highest BCUT2D eigenvalue weighted by molar-refractivity contribution is 6.14. The summed E-state index contributed by atoms with van der Waals surface area (Å²) in [7, 11) is 0. The number of rotatable bonds is 4. The lowest BCUT2D eigenvalue weighted by Gasteiger charge is -2.15. The van der Waals surface area contributed by atoms with Crippen molar-refractivity contribution < 1.29 is 8.83 Å². The molecule has 5 nitrogen and oxygen atoms in total. The maximum absolute atomic E-state index is 6.34. The van der Waals surface area contributed by atoms with E-state index in [1.165, 1.54) is 0 Å². The summed E-state index contributed by atoms with van der Waals surface area (Å²) in [6.45, 7) is 0. The molecule has 5 aromatic carbocycles. The third kappa shape index (κ3) is 3.93. The Labute approximate surface area is 252 Å². The molecule has 0 radical (unpaired) electrons. The molecule has 1 aliphatic rings. The van der Waals surface area contributed by atoms with E-state index in [9.17, 15) is 0 Å². The Morgan fingerprint density at radius 3 is 2.32 bits per heavy atom. The highest BCUT2D eigenvalue weighted by Crippen LogP contribution is 2.42. The first-order chi connectivity index (χ1) is 21.8. The number of benzene rings is 4. The van der Waals surface area contributed by atoms with E-state index in [4.69, 9.17) is 23.8 Å². The highest BCUT2D eigenvalue weighted by atomic mass is 16.3. The molecule has 8 aromatic rings. The fraction of sp³-hybridized carbons (Fsp3) is 0.0513. The lowest BCUT2D eigenvalue weighted by molar-refractivity contribution is 0.668. The molecular weight excluding hydrogens is 542 g/mol. The quantitative estimate of drug-likeness (QED) is 0.212. The van der Waals surface area contributed by atoms with Crippen molar-refractivity contribution in [2.75, 3.05) is 0 Å². The van der Waals surface area contributed by atoms with Crippen molar-refractivity contribution in [3.8, 4) is 34.2 Å². The van der Waals surface area contributed by atoms with Gasteiger partial charge in [0.2, 0.25) is 0 Å². The molecule has 5 heteroatoms. The molecule has 0 fully saturated rings. The molecule has 0 saturated heterocycles. The van der Waals surface area contributed by atoms with Crippen LogP contribution in [0.4, 0.5) is 0 Å². The van der Waals surface area contributed by atoms with Crippen LogP contribution >= 0.6 is 0 Å². The number of fused-ring (bicyclic) bond motifs is 6. The average Bonchev–Trinajstić information content (AvgIpc) is 3.66. The van der Waals surface area contributed by atoms with E-state index in [1.807, 2.05) is 78.9 Å². The zero-order valence-corrected chi connectivity index (χ0v) is 23.5. The van der Waals surface area contributed by atoms with Crippen LogP contribution in [-0.2, 0) is 0 Å². The Hall–Kier alpha value is -5.99. The third-order valence-corrected chi connectivity index (χ3v) is 8.23. The van der Waals surface area contributed by atoms with Gasteiger partial charge in [0, 0.05) is 32.8 Å². The molecule has 3 heterocycles. The van der Waals surface area contributed by atoms with Gasteiger partial charge < -0.3 is 8.83 Å². The summed E-state index contributed by atoms with van der Waals surface area (Å²) in [6, 6.07) is 38.4. The van der Waals surface area contributed by atoms with Gasteiger partial charge in [-0.25, -0.2) is 15.0 Å². The molecule has 44 heavy (non-hydrogen) atoms. The number of hydrogen-bond donors (Lipinski definition) is 0. The van der Waals surface area contributed by atoms with Crippen molar-refractivity contribution in [3.05, 3.63) is 133 Å². The maximum Gasteiger partial charge on any atom is 0.165 e. The van der Waals surface area contributed by atoms with E-state index in [2.05, 4.69) is 48.6 Å². The SMILES string of the molecule is c1ccc2oc3cc(-c4nc(-c5ccccc5)nc(-c5c(C6=CCCC=C6)ccc6oc7ccccc7c56)n4)ccc3c2c#1. The van der Waals surface area contributed by atoms with Crippen molar-refractivity contribution in [2.24, 2.45) is 0 Å². The number of allylic oxidation sites excluding steroid dienone is 4. The minimum Gasteiger partial charge on any atom is -0.456 e. The van der Waals surface area contributed by atoms with Crippen molar-refractivity contribution in [3.63, 3.8) is 0 Å². The molecule has 0 amide bonds. The predicted octanol–water partition coefficient (Wildman–Crippen LogP) is 10.0. The van der Waals surface area contributed by atoms with Gasteiger partial charge in [-0.05, 0) is 66.4 Å². The average molecular weight is 566 g/mol. The van der Waals surface area contributed by atoms with Crippen molar-refractivity contribution in [1.29, 1.82) is 0 Å². The van der Waals surface area contributed by atoms with Crippen LogP contribution in [0.3, 0.4) is 0 Å². The fourth-order valence-corrected chi connectivity index (χ4v) is 6.17. The Balaban J connectivity index is 1.35. The van der Waals surface area contributed by atoms with E-state index in [-0.39, 0.29) is 0 Å². The largest absolute Gasteiger partial charge is 0.456 e. The van der Waals surface area contributed by atoms with Crippen LogP contribution in [0.15, 0.2) is 124 Å². The minimum atomic E-state index is 0.565. The Morgan fingerprint density at radius 1 is 0.614 bits per heavy atom. The summed E-state index contributed by atoms with van der Waals surface area (Å²) in [5, 5.41) is 3.91. The normalized spacial score (nSPS) is 13.1. The molecule has 3 aromatic heterocycles. The standard InChI is InChI=1S/C39H23N3O2/c1-3-11-24(12-4-1)27-21-22-33-35(30-16-8-10-18-32(30)43-33)36(27)39-41-37(25-13-5-2-6-14-25)40-38(42-39)26-19-20-29-28-15-7-9-17-31(28)44-34(29)23-26/h2-3,5-6,8-14,16-23H,1,4H2. The summed E-state index contributed by atoms with van der Waals surface area (Å²) in [5.74, 6) is 1.76. The molecule has 0 unspecified atom stereocenters. The van der Waals surface area contributed by atoms with E-state index in [1.54, 1.807) is 0 Å². The van der Waals surface area contributed by atoms with Crippen LogP contribution in [0.2, 0.25) is 0 Å². The van der Waals surface area contributed by atoms with Crippen LogP contribution in [0.5, 0.6) is 0 Å². The zero-order valence-electron chi connectivity index (χ0n) is 23.5. The topological polar surface area (TPSA) is 65.0 Å². The summed E-state index contributed by atoms with van der Waals surface area (Å²) in [5.41, 5.74) is 8.04. The van der Waals surface area contributed by atoms with E-state index < -0.39 is 0 Å². The monoisotopic (exact) mass is 565 g/mol. The summed E-state index contributed by atoms with van der Waals surface area (Å²) < 4.78 is 12.5. The number of aromatic nitrogens is 3. The summed E-state index contributed by atoms with van der Waals surface area (Å²) in [6.07, 6.45) is 8.73. The molecule has 0 spiro atoms. The lowest BCUT2D eigenvalue weighted by atomic mass is 9.92. The van der Waals surface area contributed by atoms with E-state index >= 15 is 0 Å². The van der Waals surface area contributed by atoms with Gasteiger partial charge >= 0.3 is 0 Å². The van der Waals surface area contributed by atoms with Gasteiger partial charge in [-0.3, -0.25) is 0 Å². The highest BCUT2D eigenvalue weighted by Gasteiger charge is 2.22. The van der Waals surface area contributed by atoms with Crippen molar-refractivity contribution in [1.82, 2.24) is 15.0 Å². The van der Waals surface area contributed by atoms with Gasteiger partial charge in [-0.15, -0.1) is 0 Å². The Kier molecular flexibility index (Phi) is 5.47. The Morgan fingerprint density at radius 2 is 1.43 bits per heavy atom. The van der Waals surface area contributed by atoms with Gasteiger partial charge in [0.15, 0.2) is 17.5 Å². The van der Waals surface area contributed by atoms with Crippen LogP contribution in [-0.4, -0.2) is 15.0 Å².